The van der Waals surface area contributed by atoms with E-state index in [0.717, 1.165) is 44.2 Å². The van der Waals surface area contributed by atoms with E-state index in [2.05, 4.69) is 17.1 Å². The van der Waals surface area contributed by atoms with E-state index >= 15 is 0 Å². The summed E-state index contributed by atoms with van der Waals surface area (Å²) in [7, 11) is -2.57. The Hall–Kier alpha value is -3.82. The van der Waals surface area contributed by atoms with Crippen LogP contribution in [0.25, 0.3) is 22.4 Å². The SMILES string of the molecule is c1coc([P+](c2ccco2)(c2ccco2)c2ccccc2-c2nc3ccccc3[nH]2)c1. The van der Waals surface area contributed by atoms with Crippen molar-refractivity contribution in [2.45, 2.75) is 0 Å². The van der Waals surface area contributed by atoms with Gasteiger partial charge in [-0.25, -0.2) is 4.98 Å². The summed E-state index contributed by atoms with van der Waals surface area (Å²) in [5.41, 5.74) is 5.31. The number of furan rings is 3. The first kappa shape index (κ1) is 18.0. The van der Waals surface area contributed by atoms with Gasteiger partial charge in [0, 0.05) is 18.2 Å². The van der Waals surface area contributed by atoms with E-state index in [1.807, 2.05) is 72.8 Å². The highest BCUT2D eigenvalue weighted by atomic mass is 31.2. The van der Waals surface area contributed by atoms with Crippen molar-refractivity contribution in [3.05, 3.63) is 104 Å². The maximum Gasteiger partial charge on any atom is 0.268 e. The summed E-state index contributed by atoms with van der Waals surface area (Å²) < 4.78 is 18.1. The number of H-pyrrole nitrogens is 1. The Morgan fingerprint density at radius 3 is 1.77 bits per heavy atom. The predicted molar refractivity (Wildman–Crippen MR) is 123 cm³/mol. The molecule has 0 saturated heterocycles. The first-order valence-corrected chi connectivity index (χ1v) is 11.7. The number of hydrogen-bond acceptors (Lipinski definition) is 4. The molecule has 31 heavy (non-hydrogen) atoms. The fourth-order valence-corrected chi connectivity index (χ4v) is 7.91. The maximum atomic E-state index is 6.05. The normalized spacial score (nSPS) is 11.9. The van der Waals surface area contributed by atoms with Gasteiger partial charge in [0.15, 0.2) is 0 Å². The predicted octanol–water partition coefficient (Wildman–Crippen LogP) is 4.63. The maximum absolute atomic E-state index is 6.05. The van der Waals surface area contributed by atoms with E-state index in [4.69, 9.17) is 18.2 Å². The molecule has 0 aliphatic carbocycles. The molecule has 2 aromatic carbocycles. The number of nitrogens with one attached hydrogen (secondary N) is 1. The van der Waals surface area contributed by atoms with Crippen LogP contribution in [0, 0.1) is 0 Å². The summed E-state index contributed by atoms with van der Waals surface area (Å²) in [6, 6.07) is 28.0. The zero-order valence-corrected chi connectivity index (χ0v) is 17.3. The number of para-hydroxylation sites is 2. The fourth-order valence-electron chi connectivity index (χ4n) is 4.11. The first-order chi connectivity index (χ1) is 15.4. The van der Waals surface area contributed by atoms with Crippen LogP contribution in [0.3, 0.4) is 0 Å². The number of aromatic nitrogens is 2. The van der Waals surface area contributed by atoms with Crippen LogP contribution in [-0.2, 0) is 0 Å². The van der Waals surface area contributed by atoms with Crippen LogP contribution in [0.15, 0.2) is 117 Å². The zero-order valence-electron chi connectivity index (χ0n) is 16.4. The summed E-state index contributed by atoms with van der Waals surface area (Å²) in [5, 5.41) is 1.05. The molecule has 0 fully saturated rings. The highest BCUT2D eigenvalue weighted by Gasteiger charge is 2.58. The van der Waals surface area contributed by atoms with E-state index in [0.29, 0.717) is 0 Å². The average molecular weight is 425 g/mol. The van der Waals surface area contributed by atoms with E-state index in [-0.39, 0.29) is 0 Å². The van der Waals surface area contributed by atoms with Crippen molar-refractivity contribution < 1.29 is 13.3 Å². The lowest BCUT2D eigenvalue weighted by atomic mass is 10.2. The van der Waals surface area contributed by atoms with Crippen molar-refractivity contribution in [2.75, 3.05) is 0 Å². The van der Waals surface area contributed by atoms with Crippen LogP contribution in [0.5, 0.6) is 0 Å². The van der Waals surface area contributed by atoms with Crippen LogP contribution >= 0.6 is 7.26 Å². The van der Waals surface area contributed by atoms with E-state index in [1.54, 1.807) is 18.8 Å². The van der Waals surface area contributed by atoms with Crippen LogP contribution in [0.2, 0.25) is 0 Å². The van der Waals surface area contributed by atoms with Gasteiger partial charge in [0.2, 0.25) is 0 Å². The molecule has 0 saturated carbocycles. The molecule has 0 unspecified atom stereocenters. The average Bonchev–Trinajstić information content (AvgIpc) is 3.63. The van der Waals surface area contributed by atoms with Gasteiger partial charge in [0.05, 0.1) is 35.4 Å². The number of benzene rings is 2. The molecule has 4 heterocycles. The van der Waals surface area contributed by atoms with Crippen molar-refractivity contribution in [3.63, 3.8) is 0 Å². The standard InChI is InChI=1S/C25H18N2O3P/c1-4-11-21(18(8-1)25-26-19-9-2-3-10-20(19)27-25)31(22-12-5-15-28-22,23-13-6-16-29-23)24-14-7-17-30-24/h1-17H,(H,26,27)/q+1. The first-order valence-electron chi connectivity index (χ1n) is 9.93. The van der Waals surface area contributed by atoms with Crippen LogP contribution in [0.4, 0.5) is 0 Å². The smallest absolute Gasteiger partial charge is 0.268 e. The molecule has 150 valence electrons. The molecule has 1 N–H and O–H groups in total. The molecule has 0 aliphatic heterocycles. The van der Waals surface area contributed by atoms with Gasteiger partial charge in [0.1, 0.15) is 11.1 Å². The molecule has 6 heteroatoms. The minimum absolute atomic E-state index is 0.797. The van der Waals surface area contributed by atoms with Crippen LogP contribution in [-0.4, -0.2) is 9.97 Å². The lowest BCUT2D eigenvalue weighted by Crippen LogP contribution is -2.38. The number of nitrogens with zero attached hydrogens (tertiary/aromatic N) is 1. The lowest BCUT2D eigenvalue weighted by molar-refractivity contribution is 0.582. The largest absolute Gasteiger partial charge is 0.434 e. The quantitative estimate of drug-likeness (QED) is 0.409. The minimum atomic E-state index is -2.57. The number of imidazole rings is 1. The summed E-state index contributed by atoms with van der Waals surface area (Å²) in [6.45, 7) is 0. The minimum Gasteiger partial charge on any atom is -0.434 e. The number of hydrogen-bond donors (Lipinski definition) is 1. The fraction of sp³-hybridized carbons (Fsp3) is 0. The number of fused-ring (bicyclic) bond motifs is 1. The monoisotopic (exact) mass is 425 g/mol. The van der Waals surface area contributed by atoms with Crippen LogP contribution < -0.4 is 21.8 Å². The topological polar surface area (TPSA) is 68.1 Å². The molecule has 4 aromatic heterocycles. The third-order valence-electron chi connectivity index (χ3n) is 5.42. The second kappa shape index (κ2) is 7.15. The zero-order chi connectivity index (χ0) is 20.7. The summed E-state index contributed by atoms with van der Waals surface area (Å²) in [4.78, 5) is 8.35. The van der Waals surface area contributed by atoms with Gasteiger partial charge in [-0.05, 0) is 42.5 Å². The molecule has 0 spiro atoms. The van der Waals surface area contributed by atoms with Gasteiger partial charge in [0.25, 0.3) is 23.8 Å². The van der Waals surface area contributed by atoms with Gasteiger partial charge < -0.3 is 18.2 Å². The van der Waals surface area contributed by atoms with Crippen molar-refractivity contribution in [2.24, 2.45) is 0 Å². The molecule has 0 radical (unpaired) electrons. The summed E-state index contributed by atoms with van der Waals surface area (Å²) >= 11 is 0. The van der Waals surface area contributed by atoms with Crippen molar-refractivity contribution in [1.29, 1.82) is 0 Å². The molecule has 6 aromatic rings. The molecule has 0 bridgehead atoms. The molecular formula is C25H18N2O3P+. The number of aromatic amines is 1. The third kappa shape index (κ3) is 2.71. The summed E-state index contributed by atoms with van der Waals surface area (Å²) in [5.74, 6) is 0.797. The second-order valence-corrected chi connectivity index (χ2v) is 10.3. The molecule has 5 nitrogen and oxygen atoms in total. The van der Waals surface area contributed by atoms with Gasteiger partial charge in [-0.3, -0.25) is 0 Å². The Bertz CT molecular complexity index is 1310. The summed E-state index contributed by atoms with van der Waals surface area (Å²) in [6.07, 6.45) is 5.08. The van der Waals surface area contributed by atoms with Gasteiger partial charge in [-0.1, -0.05) is 24.3 Å². The molecule has 0 atom stereocenters. The Kier molecular flexibility index (Phi) is 4.15. The Labute approximate surface area is 178 Å². The molecule has 0 aliphatic rings. The Morgan fingerprint density at radius 2 is 1.19 bits per heavy atom. The van der Waals surface area contributed by atoms with Crippen LogP contribution in [0.1, 0.15) is 0 Å². The van der Waals surface area contributed by atoms with Crippen molar-refractivity contribution in [1.82, 2.24) is 9.97 Å². The Morgan fingerprint density at radius 1 is 0.613 bits per heavy atom. The third-order valence-corrected chi connectivity index (χ3v) is 9.28. The second-order valence-electron chi connectivity index (χ2n) is 7.14. The molecular weight excluding hydrogens is 407 g/mol. The lowest BCUT2D eigenvalue weighted by Gasteiger charge is -2.21. The van der Waals surface area contributed by atoms with E-state index < -0.39 is 7.26 Å². The van der Waals surface area contributed by atoms with E-state index in [9.17, 15) is 0 Å². The van der Waals surface area contributed by atoms with Crippen molar-refractivity contribution >= 4 is 40.1 Å². The Balaban J connectivity index is 1.71. The highest BCUT2D eigenvalue weighted by molar-refractivity contribution is 8.01. The van der Waals surface area contributed by atoms with Crippen molar-refractivity contribution in [3.8, 4) is 11.4 Å². The van der Waals surface area contributed by atoms with E-state index in [1.165, 1.54) is 0 Å². The van der Waals surface area contributed by atoms with Gasteiger partial charge >= 0.3 is 0 Å². The molecule has 6 rings (SSSR count). The highest BCUT2D eigenvalue weighted by Crippen LogP contribution is 2.56. The van der Waals surface area contributed by atoms with Gasteiger partial charge in [-0.15, -0.1) is 0 Å². The number of rotatable bonds is 5. The molecule has 0 amide bonds. The van der Waals surface area contributed by atoms with Gasteiger partial charge in [-0.2, -0.15) is 0 Å².